The molecule has 2 aromatic heterocycles. The molecule has 0 spiro atoms. The van der Waals surface area contributed by atoms with Crippen molar-refractivity contribution in [3.8, 4) is 0 Å². The van der Waals surface area contributed by atoms with Crippen LogP contribution in [0.3, 0.4) is 0 Å². The molecule has 1 N–H and O–H groups in total. The van der Waals surface area contributed by atoms with Gasteiger partial charge in [0.1, 0.15) is 5.82 Å². The van der Waals surface area contributed by atoms with Crippen molar-refractivity contribution in [1.29, 1.82) is 0 Å². The molecule has 180 valence electrons. The SMILES string of the molecule is CCOC(=O)CC(CCCCCCc1ccc2c(n1)NCCC2)c1cc2ccccc2[n+]([O-])c1. The summed E-state index contributed by atoms with van der Waals surface area (Å²) in [5.41, 5.74) is 4.04. The molecule has 0 fully saturated rings. The molecule has 1 aliphatic heterocycles. The number of aryl methyl sites for hydroxylation is 2. The van der Waals surface area contributed by atoms with Crippen LogP contribution in [-0.4, -0.2) is 24.1 Å². The lowest BCUT2D eigenvalue weighted by Crippen LogP contribution is -2.28. The molecule has 0 amide bonds. The number of carbonyl (C=O) groups is 1. The van der Waals surface area contributed by atoms with Crippen molar-refractivity contribution in [3.63, 3.8) is 0 Å². The first-order chi connectivity index (χ1) is 16.6. The van der Waals surface area contributed by atoms with Crippen LogP contribution in [0.2, 0.25) is 0 Å². The van der Waals surface area contributed by atoms with Crippen LogP contribution in [0.1, 0.15) is 74.6 Å². The second kappa shape index (κ2) is 11.8. The molecule has 1 aromatic carbocycles. The van der Waals surface area contributed by atoms with Gasteiger partial charge < -0.3 is 15.3 Å². The van der Waals surface area contributed by atoms with Crippen LogP contribution in [0.4, 0.5) is 5.82 Å². The summed E-state index contributed by atoms with van der Waals surface area (Å²) in [6.07, 6.45) is 10.4. The molecule has 1 aliphatic rings. The molecule has 0 radical (unpaired) electrons. The van der Waals surface area contributed by atoms with Gasteiger partial charge in [0.25, 0.3) is 0 Å². The molecule has 1 atom stereocenters. The van der Waals surface area contributed by atoms with E-state index < -0.39 is 0 Å². The van der Waals surface area contributed by atoms with Gasteiger partial charge >= 0.3 is 5.97 Å². The Kier molecular flexibility index (Phi) is 8.34. The van der Waals surface area contributed by atoms with Gasteiger partial charge in [-0.3, -0.25) is 4.79 Å². The number of aromatic nitrogens is 2. The zero-order chi connectivity index (χ0) is 23.8. The van der Waals surface area contributed by atoms with Crippen molar-refractivity contribution in [3.05, 3.63) is 70.7 Å². The zero-order valence-corrected chi connectivity index (χ0v) is 20.1. The summed E-state index contributed by atoms with van der Waals surface area (Å²) in [6.45, 7) is 3.21. The van der Waals surface area contributed by atoms with E-state index in [0.717, 1.165) is 78.7 Å². The first-order valence-corrected chi connectivity index (χ1v) is 12.6. The Bertz CT molecular complexity index is 1120. The Labute approximate surface area is 201 Å². The van der Waals surface area contributed by atoms with Crippen LogP contribution in [0.25, 0.3) is 10.9 Å². The predicted molar refractivity (Wildman–Crippen MR) is 135 cm³/mol. The molecule has 4 rings (SSSR count). The highest BCUT2D eigenvalue weighted by Crippen LogP contribution is 2.28. The van der Waals surface area contributed by atoms with Crippen LogP contribution in [0.15, 0.2) is 48.7 Å². The van der Waals surface area contributed by atoms with Crippen LogP contribution < -0.4 is 10.0 Å². The molecule has 1 unspecified atom stereocenters. The van der Waals surface area contributed by atoms with Gasteiger partial charge in [-0.2, -0.15) is 4.73 Å². The summed E-state index contributed by atoms with van der Waals surface area (Å²) in [6, 6.07) is 14.0. The van der Waals surface area contributed by atoms with Gasteiger partial charge in [0, 0.05) is 35.2 Å². The number of nitrogens with zero attached hydrogens (tertiary/aromatic N) is 2. The van der Waals surface area contributed by atoms with E-state index >= 15 is 0 Å². The van der Waals surface area contributed by atoms with E-state index in [-0.39, 0.29) is 11.9 Å². The maximum absolute atomic E-state index is 12.5. The van der Waals surface area contributed by atoms with Crippen molar-refractivity contribution in [2.75, 3.05) is 18.5 Å². The molecule has 3 aromatic rings. The number of benzene rings is 1. The number of carbonyl (C=O) groups excluding carboxylic acids is 1. The minimum Gasteiger partial charge on any atom is -0.618 e. The van der Waals surface area contributed by atoms with Gasteiger partial charge in [-0.25, -0.2) is 4.98 Å². The second-order valence-electron chi connectivity index (χ2n) is 9.16. The van der Waals surface area contributed by atoms with Gasteiger partial charge in [-0.1, -0.05) is 37.5 Å². The minimum atomic E-state index is -0.204. The van der Waals surface area contributed by atoms with E-state index in [2.05, 4.69) is 17.4 Å². The molecule has 6 heteroatoms. The van der Waals surface area contributed by atoms with E-state index in [0.29, 0.717) is 18.5 Å². The monoisotopic (exact) mass is 461 g/mol. The zero-order valence-electron chi connectivity index (χ0n) is 20.1. The van der Waals surface area contributed by atoms with Crippen molar-refractivity contribution in [2.24, 2.45) is 0 Å². The highest BCUT2D eigenvalue weighted by Gasteiger charge is 2.20. The second-order valence-corrected chi connectivity index (χ2v) is 9.16. The fraction of sp³-hybridized carbons (Fsp3) is 0.464. The number of hydrogen-bond donors (Lipinski definition) is 1. The quantitative estimate of drug-likeness (QED) is 0.178. The summed E-state index contributed by atoms with van der Waals surface area (Å²) in [4.78, 5) is 17.0. The number of para-hydroxylation sites is 1. The lowest BCUT2D eigenvalue weighted by molar-refractivity contribution is -0.577. The Morgan fingerprint density at radius 3 is 2.91 bits per heavy atom. The van der Waals surface area contributed by atoms with Gasteiger partial charge in [0.05, 0.1) is 13.0 Å². The van der Waals surface area contributed by atoms with Gasteiger partial charge in [-0.15, -0.1) is 0 Å². The van der Waals surface area contributed by atoms with E-state index in [4.69, 9.17) is 9.72 Å². The highest BCUT2D eigenvalue weighted by molar-refractivity contribution is 5.76. The molecule has 0 bridgehead atoms. The average molecular weight is 462 g/mol. The van der Waals surface area contributed by atoms with Gasteiger partial charge in [0.2, 0.25) is 5.52 Å². The summed E-state index contributed by atoms with van der Waals surface area (Å²) < 4.78 is 6.13. The van der Waals surface area contributed by atoms with Crippen LogP contribution >= 0.6 is 0 Å². The third-order valence-corrected chi connectivity index (χ3v) is 6.64. The highest BCUT2D eigenvalue weighted by atomic mass is 16.5. The van der Waals surface area contributed by atoms with Gasteiger partial charge in [0.15, 0.2) is 6.20 Å². The lowest BCUT2D eigenvalue weighted by atomic mass is 9.90. The number of nitrogens with one attached hydrogen (secondary N) is 1. The molecule has 0 saturated heterocycles. The predicted octanol–water partition coefficient (Wildman–Crippen LogP) is 5.46. The number of hydrogen-bond acceptors (Lipinski definition) is 5. The maximum Gasteiger partial charge on any atom is 0.306 e. The van der Waals surface area contributed by atoms with Crippen molar-refractivity contribution >= 4 is 22.7 Å². The van der Waals surface area contributed by atoms with Crippen molar-refractivity contribution in [2.45, 2.75) is 70.6 Å². The standard InChI is InChI=1S/C28H35N3O3/c1-2-34-27(32)19-22(24-18-23-11-7-8-14-26(23)31(33)20-24)10-5-3-4-6-13-25-16-15-21-12-9-17-29-28(21)30-25/h7-8,11,14-16,18,20,22H,2-6,9-10,12-13,17,19H2,1H3,(H,29,30). The van der Waals surface area contributed by atoms with E-state index in [1.54, 1.807) is 6.20 Å². The normalized spacial score (nSPS) is 13.8. The summed E-state index contributed by atoms with van der Waals surface area (Å²) in [7, 11) is 0. The number of fused-ring (bicyclic) bond motifs is 2. The van der Waals surface area contributed by atoms with E-state index in [9.17, 15) is 10.0 Å². The summed E-state index contributed by atoms with van der Waals surface area (Å²) in [5, 5.41) is 16.9. The molecule has 34 heavy (non-hydrogen) atoms. The number of anilines is 1. The first-order valence-electron chi connectivity index (χ1n) is 12.6. The minimum absolute atomic E-state index is 0.0164. The topological polar surface area (TPSA) is 78.2 Å². The van der Waals surface area contributed by atoms with Crippen LogP contribution in [-0.2, 0) is 22.4 Å². The third kappa shape index (κ3) is 6.25. The smallest absolute Gasteiger partial charge is 0.306 e. The van der Waals surface area contributed by atoms with Crippen molar-refractivity contribution < 1.29 is 14.3 Å². The Morgan fingerprint density at radius 1 is 1.18 bits per heavy atom. The molecular formula is C28H35N3O3. The first kappa shape index (κ1) is 24.0. The number of rotatable bonds is 11. The van der Waals surface area contributed by atoms with E-state index in [1.165, 1.54) is 12.0 Å². The molecule has 3 heterocycles. The van der Waals surface area contributed by atoms with Gasteiger partial charge in [-0.05, 0) is 62.8 Å². The fourth-order valence-corrected chi connectivity index (χ4v) is 4.82. The number of unbranched alkanes of at least 4 members (excludes halogenated alkanes) is 3. The van der Waals surface area contributed by atoms with Crippen LogP contribution in [0.5, 0.6) is 0 Å². The largest absolute Gasteiger partial charge is 0.618 e. The Balaban J connectivity index is 1.31. The average Bonchev–Trinajstić information content (AvgIpc) is 2.85. The summed E-state index contributed by atoms with van der Waals surface area (Å²) in [5.74, 6) is 0.846. The maximum atomic E-state index is 12.5. The molecule has 0 aliphatic carbocycles. The number of pyridine rings is 2. The Morgan fingerprint density at radius 2 is 2.03 bits per heavy atom. The number of esters is 1. The molecule has 6 nitrogen and oxygen atoms in total. The fourth-order valence-electron chi connectivity index (χ4n) is 4.82. The molecule has 0 saturated carbocycles. The number of ether oxygens (including phenoxy) is 1. The Hall–Kier alpha value is -3.15. The van der Waals surface area contributed by atoms with Crippen molar-refractivity contribution in [1.82, 2.24) is 4.98 Å². The lowest BCUT2D eigenvalue weighted by Gasteiger charge is -2.17. The third-order valence-electron chi connectivity index (χ3n) is 6.64. The van der Waals surface area contributed by atoms with Crippen LogP contribution in [0, 0.1) is 5.21 Å². The molecular weight excluding hydrogens is 426 g/mol. The summed E-state index contributed by atoms with van der Waals surface area (Å²) >= 11 is 0. The van der Waals surface area contributed by atoms with E-state index in [1.807, 2.05) is 37.3 Å².